The number of rotatable bonds is 9. The van der Waals surface area contributed by atoms with Crippen LogP contribution in [-0.4, -0.2) is 25.3 Å². The molecule has 18 heavy (non-hydrogen) atoms. The van der Waals surface area contributed by atoms with Crippen LogP contribution in [0.3, 0.4) is 0 Å². The molecule has 0 unspecified atom stereocenters. The van der Waals surface area contributed by atoms with Crippen molar-refractivity contribution in [3.63, 3.8) is 0 Å². The maximum atomic E-state index is 11.2. The molecule has 0 spiro atoms. The molecule has 0 radical (unpaired) electrons. The number of carbonyl (C=O) groups is 1. The van der Waals surface area contributed by atoms with E-state index < -0.39 is 0 Å². The molecule has 2 fully saturated rings. The summed E-state index contributed by atoms with van der Waals surface area (Å²) in [4.78, 5) is 11.2. The van der Waals surface area contributed by atoms with Gasteiger partial charge in [-0.1, -0.05) is 38.2 Å². The Labute approximate surface area is 110 Å². The molecule has 2 saturated heterocycles. The third kappa shape index (κ3) is 5.21. The van der Waals surface area contributed by atoms with Crippen LogP contribution in [-0.2, 0) is 14.3 Å². The summed E-state index contributed by atoms with van der Waals surface area (Å²) >= 11 is 0. The maximum Gasteiger partial charge on any atom is 0.333 e. The molecule has 2 aliphatic heterocycles. The van der Waals surface area contributed by atoms with Gasteiger partial charge in [-0.15, -0.1) is 0 Å². The van der Waals surface area contributed by atoms with Crippen LogP contribution in [0.4, 0.5) is 0 Å². The van der Waals surface area contributed by atoms with Crippen molar-refractivity contribution in [2.75, 3.05) is 13.2 Å². The Bertz CT molecular complexity index is 292. The van der Waals surface area contributed by atoms with Crippen molar-refractivity contribution in [1.82, 2.24) is 0 Å². The third-order valence-corrected chi connectivity index (χ3v) is 3.64. The average molecular weight is 252 g/mol. The first-order valence-corrected chi connectivity index (χ1v) is 7.34. The van der Waals surface area contributed by atoms with Gasteiger partial charge in [-0.3, -0.25) is 0 Å². The lowest BCUT2D eigenvalue weighted by Crippen LogP contribution is -1.94. The van der Waals surface area contributed by atoms with E-state index in [0.717, 1.165) is 25.0 Å². The Kier molecular flexibility index (Phi) is 5.72. The summed E-state index contributed by atoms with van der Waals surface area (Å²) in [5.74, 6) is -0.0997. The highest BCUT2D eigenvalue weighted by Gasteiger charge is 2.20. The van der Waals surface area contributed by atoms with Crippen LogP contribution in [0.1, 0.15) is 57.8 Å². The number of esters is 1. The lowest BCUT2D eigenvalue weighted by atomic mass is 10.1. The summed E-state index contributed by atoms with van der Waals surface area (Å²) in [7, 11) is 0. The van der Waals surface area contributed by atoms with E-state index in [9.17, 15) is 4.79 Å². The van der Waals surface area contributed by atoms with Crippen LogP contribution >= 0.6 is 0 Å². The van der Waals surface area contributed by atoms with Gasteiger partial charge < -0.3 is 9.47 Å². The number of carbonyl (C=O) groups excluding carboxylic acids is 1. The summed E-state index contributed by atoms with van der Waals surface area (Å²) in [5.41, 5.74) is 0.888. The quantitative estimate of drug-likeness (QED) is 0.273. The maximum absolute atomic E-state index is 11.2. The van der Waals surface area contributed by atoms with E-state index in [-0.39, 0.29) is 5.97 Å². The fourth-order valence-electron chi connectivity index (χ4n) is 2.37. The molecule has 1 atom stereocenters. The SMILES string of the molecule is O=C1OCC/C1=C/CCCCCCCC[C@@H]1CO1. The number of epoxide rings is 1. The van der Waals surface area contributed by atoms with Crippen molar-refractivity contribution >= 4 is 5.97 Å². The zero-order valence-corrected chi connectivity index (χ0v) is 11.2. The van der Waals surface area contributed by atoms with Gasteiger partial charge >= 0.3 is 5.97 Å². The fourth-order valence-corrected chi connectivity index (χ4v) is 2.37. The highest BCUT2D eigenvalue weighted by molar-refractivity contribution is 5.90. The molecule has 0 amide bonds. The normalized spacial score (nSPS) is 24.6. The van der Waals surface area contributed by atoms with E-state index in [1.165, 1.54) is 44.9 Å². The minimum Gasteiger partial charge on any atom is -0.462 e. The lowest BCUT2D eigenvalue weighted by molar-refractivity contribution is -0.135. The summed E-state index contributed by atoms with van der Waals surface area (Å²) in [5, 5.41) is 0. The minimum atomic E-state index is -0.0997. The number of unbranched alkanes of at least 4 members (excludes halogenated alkanes) is 6. The van der Waals surface area contributed by atoms with Gasteiger partial charge in [0.25, 0.3) is 0 Å². The van der Waals surface area contributed by atoms with Crippen molar-refractivity contribution in [2.24, 2.45) is 0 Å². The average Bonchev–Trinajstić information content (AvgIpc) is 3.10. The molecule has 0 N–H and O–H groups in total. The van der Waals surface area contributed by atoms with Gasteiger partial charge in [0.15, 0.2) is 0 Å². The molecule has 2 heterocycles. The molecule has 0 aromatic carbocycles. The van der Waals surface area contributed by atoms with Gasteiger partial charge in [-0.2, -0.15) is 0 Å². The number of cyclic esters (lactones) is 1. The summed E-state index contributed by atoms with van der Waals surface area (Å²) in [6, 6.07) is 0. The van der Waals surface area contributed by atoms with Crippen molar-refractivity contribution < 1.29 is 14.3 Å². The first kappa shape index (κ1) is 13.6. The van der Waals surface area contributed by atoms with Gasteiger partial charge in [0.1, 0.15) is 0 Å². The first-order chi connectivity index (χ1) is 8.86. The Morgan fingerprint density at radius 2 is 1.83 bits per heavy atom. The van der Waals surface area contributed by atoms with Crippen molar-refractivity contribution in [1.29, 1.82) is 0 Å². The Morgan fingerprint density at radius 3 is 2.50 bits per heavy atom. The van der Waals surface area contributed by atoms with E-state index in [1.54, 1.807) is 0 Å². The number of allylic oxidation sites excluding steroid dienone is 1. The van der Waals surface area contributed by atoms with E-state index in [1.807, 2.05) is 0 Å². The van der Waals surface area contributed by atoms with Gasteiger partial charge in [-0.05, 0) is 19.3 Å². The van der Waals surface area contributed by atoms with Crippen LogP contribution in [0.2, 0.25) is 0 Å². The predicted octanol–water partition coefficient (Wildman–Crippen LogP) is 3.38. The van der Waals surface area contributed by atoms with Crippen LogP contribution in [0.5, 0.6) is 0 Å². The minimum absolute atomic E-state index is 0.0997. The second kappa shape index (κ2) is 7.57. The van der Waals surface area contributed by atoms with E-state index in [0.29, 0.717) is 12.7 Å². The highest BCUT2D eigenvalue weighted by Crippen LogP contribution is 2.18. The largest absolute Gasteiger partial charge is 0.462 e. The molecule has 0 aromatic rings. The summed E-state index contributed by atoms with van der Waals surface area (Å²) in [6.07, 6.45) is 13.6. The van der Waals surface area contributed by atoms with Crippen LogP contribution < -0.4 is 0 Å². The molecule has 0 aromatic heterocycles. The molecule has 0 bridgehead atoms. The molecule has 3 heteroatoms. The predicted molar refractivity (Wildman–Crippen MR) is 70.3 cm³/mol. The standard InChI is InChI=1S/C15H24O3/c16-15-13(10-11-17-15)8-6-4-2-1-3-5-7-9-14-12-18-14/h8,14H,1-7,9-12H2/b13-8-/t14-/m1/s1. The number of hydrogen-bond acceptors (Lipinski definition) is 3. The first-order valence-electron chi connectivity index (χ1n) is 7.34. The zero-order valence-electron chi connectivity index (χ0n) is 11.2. The van der Waals surface area contributed by atoms with Crippen LogP contribution in [0.15, 0.2) is 11.6 Å². The molecule has 0 aliphatic carbocycles. The van der Waals surface area contributed by atoms with E-state index in [2.05, 4.69) is 6.08 Å². The zero-order chi connectivity index (χ0) is 12.6. The van der Waals surface area contributed by atoms with E-state index in [4.69, 9.17) is 9.47 Å². The second-order valence-corrected chi connectivity index (χ2v) is 5.27. The summed E-state index contributed by atoms with van der Waals surface area (Å²) in [6.45, 7) is 1.58. The molecular formula is C15H24O3. The second-order valence-electron chi connectivity index (χ2n) is 5.27. The van der Waals surface area contributed by atoms with Gasteiger partial charge in [0, 0.05) is 12.0 Å². The molecule has 2 rings (SSSR count). The monoisotopic (exact) mass is 252 g/mol. The lowest BCUT2D eigenvalue weighted by Gasteiger charge is -2.00. The van der Waals surface area contributed by atoms with Crippen molar-refractivity contribution in [3.05, 3.63) is 11.6 Å². The van der Waals surface area contributed by atoms with Crippen molar-refractivity contribution in [2.45, 2.75) is 63.9 Å². The highest BCUT2D eigenvalue weighted by atomic mass is 16.6. The van der Waals surface area contributed by atoms with Gasteiger partial charge in [0.2, 0.25) is 0 Å². The van der Waals surface area contributed by atoms with E-state index >= 15 is 0 Å². The molecule has 0 saturated carbocycles. The summed E-state index contributed by atoms with van der Waals surface area (Å²) < 4.78 is 10.1. The Hall–Kier alpha value is -0.830. The number of ether oxygens (including phenoxy) is 2. The fraction of sp³-hybridized carbons (Fsp3) is 0.800. The third-order valence-electron chi connectivity index (χ3n) is 3.64. The smallest absolute Gasteiger partial charge is 0.333 e. The topological polar surface area (TPSA) is 38.8 Å². The molecule has 102 valence electrons. The number of hydrogen-bond donors (Lipinski definition) is 0. The molecular weight excluding hydrogens is 228 g/mol. The van der Waals surface area contributed by atoms with Gasteiger partial charge in [-0.25, -0.2) is 4.79 Å². The molecule has 3 nitrogen and oxygen atoms in total. The van der Waals surface area contributed by atoms with Gasteiger partial charge in [0.05, 0.1) is 19.3 Å². The van der Waals surface area contributed by atoms with Crippen molar-refractivity contribution in [3.8, 4) is 0 Å². The molecule has 2 aliphatic rings. The van der Waals surface area contributed by atoms with Crippen LogP contribution in [0, 0.1) is 0 Å². The Balaban J connectivity index is 1.38. The Morgan fingerprint density at radius 1 is 1.11 bits per heavy atom. The van der Waals surface area contributed by atoms with Crippen LogP contribution in [0.25, 0.3) is 0 Å².